The molecule has 0 N–H and O–H groups in total. The molecule has 0 amide bonds. The minimum Gasteiger partial charge on any atom is -0.462 e. The fourth-order valence-electron chi connectivity index (χ4n) is 7.89. The highest BCUT2D eigenvalue weighted by Gasteiger charge is 2.19. The molecule has 0 radical (unpaired) electrons. The highest BCUT2D eigenvalue weighted by atomic mass is 16.6. The molecule has 0 aliphatic carbocycles. The van der Waals surface area contributed by atoms with Crippen molar-refractivity contribution < 1.29 is 28.6 Å². The summed E-state index contributed by atoms with van der Waals surface area (Å²) in [5.74, 6) is -0.915. The third-order valence-corrected chi connectivity index (χ3v) is 12.3. The molecule has 0 saturated heterocycles. The molecule has 6 heteroatoms. The molecule has 0 aliphatic rings. The number of rotatable bonds is 52. The number of hydrogen-bond acceptors (Lipinski definition) is 6. The lowest BCUT2D eigenvalue weighted by molar-refractivity contribution is -0.167. The van der Waals surface area contributed by atoms with Crippen molar-refractivity contribution in [2.75, 3.05) is 13.2 Å². The van der Waals surface area contributed by atoms with E-state index < -0.39 is 6.10 Å². The van der Waals surface area contributed by atoms with E-state index in [2.05, 4.69) is 118 Å². The minimum absolute atomic E-state index is 0.0900. The van der Waals surface area contributed by atoms with Gasteiger partial charge in [0.15, 0.2) is 6.10 Å². The van der Waals surface area contributed by atoms with Crippen LogP contribution in [-0.4, -0.2) is 37.2 Å². The average molecular weight is 974 g/mol. The summed E-state index contributed by atoms with van der Waals surface area (Å²) < 4.78 is 16.9. The minimum atomic E-state index is -0.793. The smallest absolute Gasteiger partial charge is 0.306 e. The van der Waals surface area contributed by atoms with Crippen molar-refractivity contribution in [2.45, 2.75) is 277 Å². The van der Waals surface area contributed by atoms with Crippen molar-refractivity contribution in [1.29, 1.82) is 0 Å². The van der Waals surface area contributed by atoms with Gasteiger partial charge in [-0.2, -0.15) is 0 Å². The van der Waals surface area contributed by atoms with Gasteiger partial charge < -0.3 is 14.2 Å². The van der Waals surface area contributed by atoms with Crippen LogP contribution < -0.4 is 0 Å². The van der Waals surface area contributed by atoms with Gasteiger partial charge in [0.05, 0.1) is 0 Å². The van der Waals surface area contributed by atoms with Crippen LogP contribution in [0.2, 0.25) is 0 Å². The Kier molecular flexibility index (Phi) is 54.9. The van der Waals surface area contributed by atoms with E-state index in [1.807, 2.05) is 0 Å². The first kappa shape index (κ1) is 66.3. The first-order valence-electron chi connectivity index (χ1n) is 29.2. The van der Waals surface area contributed by atoms with E-state index in [9.17, 15) is 14.4 Å². The number of hydrogen-bond donors (Lipinski definition) is 0. The zero-order valence-corrected chi connectivity index (χ0v) is 45.8. The second-order valence-corrected chi connectivity index (χ2v) is 19.2. The normalized spacial score (nSPS) is 12.8. The molecule has 0 aromatic rings. The maximum atomic E-state index is 12.9. The van der Waals surface area contributed by atoms with Crippen molar-refractivity contribution in [3.63, 3.8) is 0 Å². The van der Waals surface area contributed by atoms with Gasteiger partial charge in [-0.3, -0.25) is 14.4 Å². The van der Waals surface area contributed by atoms with Crippen molar-refractivity contribution >= 4 is 17.9 Å². The Balaban J connectivity index is 4.41. The second-order valence-electron chi connectivity index (χ2n) is 19.2. The fraction of sp³-hybridized carbons (Fsp3) is 0.703. The predicted molar refractivity (Wildman–Crippen MR) is 302 cm³/mol. The Bertz CT molecular complexity index is 1400. The van der Waals surface area contributed by atoms with Crippen molar-refractivity contribution in [2.24, 2.45) is 0 Å². The van der Waals surface area contributed by atoms with Crippen molar-refractivity contribution in [1.82, 2.24) is 0 Å². The van der Waals surface area contributed by atoms with Crippen LogP contribution in [-0.2, 0) is 28.6 Å². The Labute approximate surface area is 432 Å². The molecule has 0 aromatic carbocycles. The molecule has 0 heterocycles. The van der Waals surface area contributed by atoms with Crippen LogP contribution in [0.3, 0.4) is 0 Å². The first-order valence-corrected chi connectivity index (χ1v) is 29.2. The van der Waals surface area contributed by atoms with Gasteiger partial charge in [-0.1, -0.05) is 234 Å². The van der Waals surface area contributed by atoms with Gasteiger partial charge in [-0.15, -0.1) is 0 Å². The average Bonchev–Trinajstić information content (AvgIpc) is 3.36. The summed E-state index contributed by atoms with van der Waals surface area (Å²) in [6, 6.07) is 0. The summed E-state index contributed by atoms with van der Waals surface area (Å²) in [6.07, 6.45) is 76.7. The third-order valence-electron chi connectivity index (χ3n) is 12.3. The Hall–Kier alpha value is -3.67. The predicted octanol–water partition coefficient (Wildman–Crippen LogP) is 19.7. The number of allylic oxidation sites excluding steroid dienone is 16. The maximum Gasteiger partial charge on any atom is 0.306 e. The summed E-state index contributed by atoms with van der Waals surface area (Å²) in [5.41, 5.74) is 0. The summed E-state index contributed by atoms with van der Waals surface area (Å²) in [4.78, 5) is 38.2. The van der Waals surface area contributed by atoms with E-state index in [-0.39, 0.29) is 31.1 Å². The summed E-state index contributed by atoms with van der Waals surface area (Å²) in [7, 11) is 0. The van der Waals surface area contributed by atoms with Gasteiger partial charge in [0, 0.05) is 19.3 Å². The van der Waals surface area contributed by atoms with Crippen molar-refractivity contribution in [3.05, 3.63) is 97.2 Å². The second kappa shape index (κ2) is 57.9. The lowest BCUT2D eigenvalue weighted by Crippen LogP contribution is -2.30. The lowest BCUT2D eigenvalue weighted by Gasteiger charge is -2.18. The molecule has 6 nitrogen and oxygen atoms in total. The van der Waals surface area contributed by atoms with Crippen LogP contribution in [0.25, 0.3) is 0 Å². The van der Waals surface area contributed by atoms with Crippen molar-refractivity contribution in [3.8, 4) is 0 Å². The van der Waals surface area contributed by atoms with E-state index in [1.165, 1.54) is 103 Å². The molecule has 70 heavy (non-hydrogen) atoms. The molecule has 0 bridgehead atoms. The molecule has 0 spiro atoms. The number of carbonyl (C=O) groups is 3. The molecular weight excluding hydrogens is 865 g/mol. The lowest BCUT2D eigenvalue weighted by atomic mass is 10.1. The molecule has 0 rings (SSSR count). The van der Waals surface area contributed by atoms with Gasteiger partial charge >= 0.3 is 17.9 Å². The molecular formula is C64H108O6. The molecule has 0 fully saturated rings. The molecule has 0 aromatic heterocycles. The standard InChI is InChI=1S/C64H108O6/c1-4-7-10-13-16-19-22-25-28-30-31-32-33-35-36-39-42-45-48-51-54-57-63(66)69-60-61(59-68-62(65)56-53-50-47-44-41-38-27-24-21-18-15-12-9-6-3)70-64(67)58-55-52-49-46-43-40-37-34-29-26-23-20-17-14-11-8-5-2/h7,10,15-20,24-29,31-32,61H,4-6,8-9,11-14,21-23,30,33-60H2,1-3H3/b10-7-,18-15-,19-16-,20-17-,27-24-,28-25-,29-26-,32-31-. The fourth-order valence-corrected chi connectivity index (χ4v) is 7.89. The number of esters is 3. The number of unbranched alkanes of at least 4 members (excludes halogenated alkanes) is 25. The highest BCUT2D eigenvalue weighted by Crippen LogP contribution is 2.15. The Morgan fingerprint density at radius 2 is 0.571 bits per heavy atom. The Morgan fingerprint density at radius 3 is 0.914 bits per heavy atom. The van der Waals surface area contributed by atoms with E-state index in [0.717, 1.165) is 128 Å². The molecule has 0 aliphatic heterocycles. The third kappa shape index (κ3) is 55.3. The quantitative estimate of drug-likeness (QED) is 0.0262. The molecule has 1 unspecified atom stereocenters. The van der Waals surface area contributed by atoms with Crippen LogP contribution in [0.5, 0.6) is 0 Å². The van der Waals surface area contributed by atoms with Gasteiger partial charge in [-0.25, -0.2) is 0 Å². The molecule has 0 saturated carbocycles. The first-order chi connectivity index (χ1) is 34.5. The number of ether oxygens (including phenoxy) is 3. The SMILES string of the molecule is CC/C=C\C/C=C\C/C=C\C/C=C\CCCCCCCCCCC(=O)OCC(COC(=O)CCCCCCC/C=C\C/C=C\CCCC)OC(=O)CCCCCCCCC/C=C\C/C=C\CCCCC. The van der Waals surface area contributed by atoms with Crippen LogP contribution in [0.15, 0.2) is 97.2 Å². The summed E-state index contributed by atoms with van der Waals surface area (Å²) in [5, 5.41) is 0. The highest BCUT2D eigenvalue weighted by molar-refractivity contribution is 5.71. The summed E-state index contributed by atoms with van der Waals surface area (Å²) in [6.45, 7) is 6.45. The van der Waals surface area contributed by atoms with Crippen LogP contribution in [0.1, 0.15) is 271 Å². The Morgan fingerprint density at radius 1 is 0.300 bits per heavy atom. The maximum absolute atomic E-state index is 12.9. The number of carbonyl (C=O) groups excluding carboxylic acids is 3. The monoisotopic (exact) mass is 973 g/mol. The van der Waals surface area contributed by atoms with Crippen LogP contribution in [0.4, 0.5) is 0 Å². The molecule has 400 valence electrons. The summed E-state index contributed by atoms with van der Waals surface area (Å²) >= 11 is 0. The molecule has 1 atom stereocenters. The van der Waals surface area contributed by atoms with Crippen LogP contribution in [0, 0.1) is 0 Å². The van der Waals surface area contributed by atoms with Crippen LogP contribution >= 0.6 is 0 Å². The van der Waals surface area contributed by atoms with Gasteiger partial charge in [0.25, 0.3) is 0 Å². The van der Waals surface area contributed by atoms with Gasteiger partial charge in [0.1, 0.15) is 13.2 Å². The van der Waals surface area contributed by atoms with Gasteiger partial charge in [-0.05, 0) is 116 Å². The zero-order valence-electron chi connectivity index (χ0n) is 45.8. The van der Waals surface area contributed by atoms with E-state index in [0.29, 0.717) is 19.3 Å². The van der Waals surface area contributed by atoms with E-state index >= 15 is 0 Å². The van der Waals surface area contributed by atoms with E-state index in [4.69, 9.17) is 14.2 Å². The van der Waals surface area contributed by atoms with E-state index in [1.54, 1.807) is 0 Å². The topological polar surface area (TPSA) is 78.9 Å². The zero-order chi connectivity index (χ0) is 50.7. The largest absolute Gasteiger partial charge is 0.462 e. The van der Waals surface area contributed by atoms with Gasteiger partial charge in [0.2, 0.25) is 0 Å².